The zero-order valence-corrected chi connectivity index (χ0v) is 12.2. The Morgan fingerprint density at radius 2 is 1.14 bits per heavy atom. The van der Waals surface area contributed by atoms with Gasteiger partial charge in [-0.25, -0.2) is 9.59 Å². The molecule has 2 fully saturated rings. The van der Waals surface area contributed by atoms with Crippen molar-refractivity contribution in [1.82, 2.24) is 0 Å². The van der Waals surface area contributed by atoms with E-state index >= 15 is 0 Å². The number of aliphatic hydroxyl groups excluding tert-OH is 2. The van der Waals surface area contributed by atoms with Gasteiger partial charge < -0.3 is 29.9 Å². The fourth-order valence-electron chi connectivity index (χ4n) is 1.10. The second kappa shape index (κ2) is 10.9. The monoisotopic (exact) mass is 318 g/mol. The Labute approximate surface area is 128 Å². The third-order valence-corrected chi connectivity index (χ3v) is 2.46. The number of epoxide rings is 2. The zero-order chi connectivity index (χ0) is 17.1. The highest BCUT2D eigenvalue weighted by Gasteiger charge is 2.25. The summed E-state index contributed by atoms with van der Waals surface area (Å²) in [5, 5.41) is 31.9. The molecule has 2 unspecified atom stereocenters. The first-order valence-electron chi connectivity index (χ1n) is 6.58. The largest absolute Gasteiger partial charge is 0.478 e. The molecule has 0 aromatic heterocycles. The molecule has 2 saturated heterocycles. The third-order valence-electron chi connectivity index (χ3n) is 2.46. The van der Waals surface area contributed by atoms with Crippen LogP contribution in [0, 0.1) is 0 Å². The molecule has 22 heavy (non-hydrogen) atoms. The van der Waals surface area contributed by atoms with Crippen LogP contribution in [-0.4, -0.2) is 71.0 Å². The summed E-state index contributed by atoms with van der Waals surface area (Å²) in [4.78, 5) is 20.2. The van der Waals surface area contributed by atoms with E-state index in [0.717, 1.165) is 0 Å². The standard InChI is InChI=1S/2C6H8O3.C2H6O2/c2*1-4(6(7)8)2-5-3-9-5;3-1-2-4/h2*5H,1-3H2,(H,7,8);3-4H,1-2H2. The molecule has 2 aliphatic rings. The lowest BCUT2D eigenvalue weighted by Crippen LogP contribution is -2.01. The molecule has 0 amide bonds. The van der Waals surface area contributed by atoms with Gasteiger partial charge in [-0.2, -0.15) is 0 Å². The van der Waals surface area contributed by atoms with E-state index in [1.165, 1.54) is 0 Å². The highest BCUT2D eigenvalue weighted by Crippen LogP contribution is 2.18. The van der Waals surface area contributed by atoms with E-state index in [2.05, 4.69) is 13.2 Å². The van der Waals surface area contributed by atoms with Crippen LogP contribution >= 0.6 is 0 Å². The fourth-order valence-corrected chi connectivity index (χ4v) is 1.10. The number of aliphatic hydroxyl groups is 2. The molecule has 0 saturated carbocycles. The van der Waals surface area contributed by atoms with Gasteiger partial charge in [-0.05, 0) is 0 Å². The van der Waals surface area contributed by atoms with Crippen molar-refractivity contribution in [1.29, 1.82) is 0 Å². The number of aliphatic carboxylic acids is 2. The van der Waals surface area contributed by atoms with Crippen LogP contribution in [0.25, 0.3) is 0 Å². The van der Waals surface area contributed by atoms with E-state index in [4.69, 9.17) is 29.9 Å². The van der Waals surface area contributed by atoms with Crippen molar-refractivity contribution in [2.24, 2.45) is 0 Å². The van der Waals surface area contributed by atoms with Crippen molar-refractivity contribution in [2.75, 3.05) is 26.4 Å². The molecule has 2 aliphatic heterocycles. The molecule has 126 valence electrons. The lowest BCUT2D eigenvalue weighted by molar-refractivity contribution is -0.133. The maximum Gasteiger partial charge on any atom is 0.331 e. The normalized spacial score (nSPS) is 20.5. The topological polar surface area (TPSA) is 140 Å². The van der Waals surface area contributed by atoms with Crippen molar-refractivity contribution < 1.29 is 39.5 Å². The smallest absolute Gasteiger partial charge is 0.331 e. The molecule has 8 nitrogen and oxygen atoms in total. The van der Waals surface area contributed by atoms with Crippen LogP contribution in [-0.2, 0) is 19.1 Å². The van der Waals surface area contributed by atoms with Crippen LogP contribution in [0.3, 0.4) is 0 Å². The van der Waals surface area contributed by atoms with Gasteiger partial charge in [0.25, 0.3) is 0 Å². The summed E-state index contributed by atoms with van der Waals surface area (Å²) >= 11 is 0. The highest BCUT2D eigenvalue weighted by molar-refractivity contribution is 5.86. The lowest BCUT2D eigenvalue weighted by Gasteiger charge is -1.92. The van der Waals surface area contributed by atoms with E-state index in [1.807, 2.05) is 0 Å². The molecule has 2 heterocycles. The summed E-state index contributed by atoms with van der Waals surface area (Å²) in [5.74, 6) is -1.85. The van der Waals surface area contributed by atoms with Gasteiger partial charge in [0.1, 0.15) is 0 Å². The lowest BCUT2D eigenvalue weighted by atomic mass is 10.2. The van der Waals surface area contributed by atoms with Gasteiger partial charge in [0, 0.05) is 24.0 Å². The van der Waals surface area contributed by atoms with E-state index in [1.54, 1.807) is 0 Å². The maximum atomic E-state index is 10.1. The van der Waals surface area contributed by atoms with Crippen molar-refractivity contribution in [3.63, 3.8) is 0 Å². The van der Waals surface area contributed by atoms with Gasteiger partial charge in [-0.1, -0.05) is 13.2 Å². The highest BCUT2D eigenvalue weighted by atomic mass is 16.6. The molecule has 2 rings (SSSR count). The zero-order valence-electron chi connectivity index (χ0n) is 12.2. The summed E-state index contributed by atoms with van der Waals surface area (Å²) in [6, 6.07) is 0. The summed E-state index contributed by atoms with van der Waals surface area (Å²) < 4.78 is 9.61. The van der Waals surface area contributed by atoms with Gasteiger partial charge in [0.2, 0.25) is 0 Å². The molecule has 4 N–H and O–H groups in total. The van der Waals surface area contributed by atoms with Crippen LogP contribution < -0.4 is 0 Å². The number of carboxylic acid groups (broad SMARTS) is 2. The molecule has 2 atom stereocenters. The second-order valence-electron chi connectivity index (χ2n) is 4.58. The average Bonchev–Trinajstić information content (AvgIpc) is 3.35. The van der Waals surface area contributed by atoms with E-state index < -0.39 is 11.9 Å². The van der Waals surface area contributed by atoms with Crippen LogP contribution in [0.5, 0.6) is 0 Å². The maximum absolute atomic E-state index is 10.1. The van der Waals surface area contributed by atoms with Crippen molar-refractivity contribution in [3.8, 4) is 0 Å². The third kappa shape index (κ3) is 12.0. The summed E-state index contributed by atoms with van der Waals surface area (Å²) in [5.41, 5.74) is 0.468. The Hall–Kier alpha value is -1.74. The Balaban J connectivity index is 0.000000326. The molecule has 8 heteroatoms. The first-order chi connectivity index (χ1) is 10.3. The first kappa shape index (κ1) is 20.3. The number of hydrogen-bond donors (Lipinski definition) is 4. The second-order valence-corrected chi connectivity index (χ2v) is 4.58. The molecule has 0 aromatic rings. The fraction of sp³-hybridized carbons (Fsp3) is 0.571. The Morgan fingerprint density at radius 1 is 0.864 bits per heavy atom. The van der Waals surface area contributed by atoms with Gasteiger partial charge in [0.15, 0.2) is 0 Å². The van der Waals surface area contributed by atoms with Crippen LogP contribution in [0.2, 0.25) is 0 Å². The van der Waals surface area contributed by atoms with E-state index in [9.17, 15) is 9.59 Å². The first-order valence-corrected chi connectivity index (χ1v) is 6.58. The minimum atomic E-state index is -0.925. The van der Waals surface area contributed by atoms with Crippen molar-refractivity contribution in [3.05, 3.63) is 24.3 Å². The molecule has 0 spiro atoms. The predicted molar refractivity (Wildman–Crippen MR) is 76.4 cm³/mol. The molecule has 0 radical (unpaired) electrons. The van der Waals surface area contributed by atoms with Crippen molar-refractivity contribution >= 4 is 11.9 Å². The average molecular weight is 318 g/mol. The summed E-state index contributed by atoms with van der Waals surface area (Å²) in [6.07, 6.45) is 1.20. The minimum Gasteiger partial charge on any atom is -0.478 e. The number of hydrogen-bond acceptors (Lipinski definition) is 6. The Bertz CT molecular complexity index is 358. The molecule has 0 aromatic carbocycles. The van der Waals surface area contributed by atoms with E-state index in [-0.39, 0.29) is 36.6 Å². The number of carboxylic acids is 2. The molecular formula is C14H22O8. The number of carbonyl (C=O) groups is 2. The predicted octanol–water partition coefficient (Wildman–Crippen LogP) is -0.197. The Morgan fingerprint density at radius 3 is 1.27 bits per heavy atom. The molecule has 0 bridgehead atoms. The van der Waals surface area contributed by atoms with Crippen LogP contribution in [0.15, 0.2) is 24.3 Å². The Kier molecular flexibility index (Phi) is 10.0. The summed E-state index contributed by atoms with van der Waals surface area (Å²) in [6.45, 7) is 7.83. The number of rotatable bonds is 7. The van der Waals surface area contributed by atoms with Gasteiger partial charge in [-0.15, -0.1) is 0 Å². The SMILES string of the molecule is C=C(CC1CO1)C(=O)O.C=C(CC1CO1)C(=O)O.OCCO. The quantitative estimate of drug-likeness (QED) is 0.374. The minimum absolute atomic E-state index is 0.125. The van der Waals surface area contributed by atoms with Crippen LogP contribution in [0.1, 0.15) is 12.8 Å². The van der Waals surface area contributed by atoms with Gasteiger partial charge in [-0.3, -0.25) is 0 Å². The van der Waals surface area contributed by atoms with Gasteiger partial charge >= 0.3 is 11.9 Å². The van der Waals surface area contributed by atoms with Crippen LogP contribution in [0.4, 0.5) is 0 Å². The van der Waals surface area contributed by atoms with E-state index in [0.29, 0.717) is 26.1 Å². The summed E-state index contributed by atoms with van der Waals surface area (Å²) in [7, 11) is 0. The molecular weight excluding hydrogens is 296 g/mol. The van der Waals surface area contributed by atoms with Gasteiger partial charge in [0.05, 0.1) is 38.6 Å². The van der Waals surface area contributed by atoms with Crippen molar-refractivity contribution in [2.45, 2.75) is 25.0 Å². The number of ether oxygens (including phenoxy) is 2. The molecule has 0 aliphatic carbocycles.